The van der Waals surface area contributed by atoms with Crippen LogP contribution < -0.4 is 5.32 Å². The summed E-state index contributed by atoms with van der Waals surface area (Å²) in [6.07, 6.45) is 2.79. The molecule has 1 atom stereocenters. The zero-order chi connectivity index (χ0) is 13.9. The second kappa shape index (κ2) is 6.23. The molecular weight excluding hydrogens is 238 g/mol. The summed E-state index contributed by atoms with van der Waals surface area (Å²) in [6.45, 7) is 13.1. The van der Waals surface area contributed by atoms with Gasteiger partial charge in [-0.05, 0) is 18.3 Å². The lowest BCUT2D eigenvalue weighted by Crippen LogP contribution is -2.60. The van der Waals surface area contributed by atoms with Crippen LogP contribution in [0.15, 0.2) is 0 Å². The van der Waals surface area contributed by atoms with E-state index in [4.69, 9.17) is 0 Å². The molecule has 2 fully saturated rings. The fourth-order valence-electron chi connectivity index (χ4n) is 3.60. The molecule has 2 aliphatic heterocycles. The van der Waals surface area contributed by atoms with Gasteiger partial charge in [0.2, 0.25) is 5.91 Å². The number of nitrogens with one attached hydrogen (secondary N) is 1. The van der Waals surface area contributed by atoms with Crippen LogP contribution in [0.2, 0.25) is 0 Å². The molecule has 0 saturated carbocycles. The maximum atomic E-state index is 12.1. The molecule has 2 heterocycles. The molecule has 1 amide bonds. The lowest BCUT2D eigenvalue weighted by atomic mass is 9.77. The molecule has 2 saturated heterocycles. The van der Waals surface area contributed by atoms with Crippen molar-refractivity contribution in [2.75, 3.05) is 39.3 Å². The van der Waals surface area contributed by atoms with E-state index >= 15 is 0 Å². The van der Waals surface area contributed by atoms with E-state index in [1.807, 2.05) is 0 Å². The minimum absolute atomic E-state index is 0.207. The zero-order valence-corrected chi connectivity index (χ0v) is 12.7. The lowest BCUT2D eigenvalue weighted by Gasteiger charge is -2.50. The Morgan fingerprint density at radius 3 is 2.53 bits per heavy atom. The predicted octanol–water partition coefficient (Wildman–Crippen LogP) is 1.32. The van der Waals surface area contributed by atoms with Crippen molar-refractivity contribution in [1.82, 2.24) is 15.1 Å². The van der Waals surface area contributed by atoms with Crippen LogP contribution in [0, 0.1) is 5.41 Å². The first-order chi connectivity index (χ1) is 9.04. The highest BCUT2D eigenvalue weighted by molar-refractivity contribution is 5.76. The standard InChI is InChI=1S/C15H29N3O/c1-4-5-14(19)18-9-6-13(15(2,3)12-18)17-10-7-16-8-11-17/h13,16H,4-12H2,1-3H3. The zero-order valence-electron chi connectivity index (χ0n) is 12.7. The Labute approximate surface area is 117 Å². The van der Waals surface area contributed by atoms with Gasteiger partial charge in [-0.25, -0.2) is 0 Å². The molecule has 0 aromatic carbocycles. The van der Waals surface area contributed by atoms with E-state index < -0.39 is 0 Å². The normalized spacial score (nSPS) is 28.4. The van der Waals surface area contributed by atoms with Gasteiger partial charge in [0.15, 0.2) is 0 Å². The highest BCUT2D eigenvalue weighted by atomic mass is 16.2. The molecule has 0 bridgehead atoms. The summed E-state index contributed by atoms with van der Waals surface area (Å²) in [5, 5.41) is 3.42. The van der Waals surface area contributed by atoms with E-state index in [0.717, 1.165) is 52.1 Å². The van der Waals surface area contributed by atoms with Crippen LogP contribution in [-0.2, 0) is 4.79 Å². The molecule has 1 unspecified atom stereocenters. The van der Waals surface area contributed by atoms with Crippen LogP contribution in [0.3, 0.4) is 0 Å². The molecular formula is C15H29N3O. The first-order valence-electron chi connectivity index (χ1n) is 7.77. The number of amides is 1. The Morgan fingerprint density at radius 2 is 1.95 bits per heavy atom. The van der Waals surface area contributed by atoms with Gasteiger partial charge in [0.25, 0.3) is 0 Å². The van der Waals surface area contributed by atoms with E-state index in [1.165, 1.54) is 0 Å². The number of rotatable bonds is 3. The summed E-state index contributed by atoms with van der Waals surface area (Å²) >= 11 is 0. The summed E-state index contributed by atoms with van der Waals surface area (Å²) in [7, 11) is 0. The maximum absolute atomic E-state index is 12.1. The molecule has 2 aliphatic rings. The lowest BCUT2D eigenvalue weighted by molar-refractivity contribution is -0.136. The van der Waals surface area contributed by atoms with Crippen molar-refractivity contribution in [3.05, 3.63) is 0 Å². The molecule has 4 nitrogen and oxygen atoms in total. The van der Waals surface area contributed by atoms with E-state index in [9.17, 15) is 4.79 Å². The van der Waals surface area contributed by atoms with Gasteiger partial charge in [-0.15, -0.1) is 0 Å². The summed E-state index contributed by atoms with van der Waals surface area (Å²) in [5.74, 6) is 0.342. The van der Waals surface area contributed by atoms with E-state index in [1.54, 1.807) is 0 Å². The quantitative estimate of drug-likeness (QED) is 0.838. The maximum Gasteiger partial charge on any atom is 0.222 e. The minimum Gasteiger partial charge on any atom is -0.342 e. The molecule has 4 heteroatoms. The minimum atomic E-state index is 0.207. The number of piperidine rings is 1. The molecule has 0 radical (unpaired) electrons. The summed E-state index contributed by atoms with van der Waals surface area (Å²) < 4.78 is 0. The van der Waals surface area contributed by atoms with Gasteiger partial charge < -0.3 is 10.2 Å². The third kappa shape index (κ3) is 3.48. The van der Waals surface area contributed by atoms with Gasteiger partial charge in [-0.1, -0.05) is 20.8 Å². The van der Waals surface area contributed by atoms with Crippen LogP contribution in [0.4, 0.5) is 0 Å². The summed E-state index contributed by atoms with van der Waals surface area (Å²) in [5.41, 5.74) is 0.207. The topological polar surface area (TPSA) is 35.6 Å². The largest absolute Gasteiger partial charge is 0.342 e. The Bertz CT molecular complexity index is 311. The molecule has 0 aromatic heterocycles. The van der Waals surface area contributed by atoms with Crippen molar-refractivity contribution in [1.29, 1.82) is 0 Å². The van der Waals surface area contributed by atoms with E-state index in [2.05, 4.69) is 35.9 Å². The summed E-state index contributed by atoms with van der Waals surface area (Å²) in [4.78, 5) is 16.8. The molecule has 19 heavy (non-hydrogen) atoms. The highest BCUT2D eigenvalue weighted by Crippen LogP contribution is 2.33. The van der Waals surface area contributed by atoms with Crippen LogP contribution in [0.1, 0.15) is 40.0 Å². The van der Waals surface area contributed by atoms with Crippen molar-refractivity contribution in [3.63, 3.8) is 0 Å². The van der Waals surface area contributed by atoms with Crippen LogP contribution in [0.25, 0.3) is 0 Å². The molecule has 0 spiro atoms. The third-order valence-electron chi connectivity index (χ3n) is 4.58. The first kappa shape index (κ1) is 14.8. The fourth-order valence-corrected chi connectivity index (χ4v) is 3.60. The van der Waals surface area contributed by atoms with Crippen molar-refractivity contribution < 1.29 is 4.79 Å². The fraction of sp³-hybridized carbons (Fsp3) is 0.933. The third-order valence-corrected chi connectivity index (χ3v) is 4.58. The smallest absolute Gasteiger partial charge is 0.222 e. The Kier molecular flexibility index (Phi) is 4.85. The van der Waals surface area contributed by atoms with Crippen molar-refractivity contribution in [3.8, 4) is 0 Å². The Morgan fingerprint density at radius 1 is 1.26 bits per heavy atom. The number of hydrogen-bond donors (Lipinski definition) is 1. The van der Waals surface area contributed by atoms with Crippen molar-refractivity contribution in [2.45, 2.75) is 46.1 Å². The summed E-state index contributed by atoms with van der Waals surface area (Å²) in [6, 6.07) is 0.625. The highest BCUT2D eigenvalue weighted by Gasteiger charge is 2.40. The first-order valence-corrected chi connectivity index (χ1v) is 7.77. The number of hydrogen-bond acceptors (Lipinski definition) is 3. The SMILES string of the molecule is CCCC(=O)N1CCC(N2CCNCC2)C(C)(C)C1. The number of carbonyl (C=O) groups is 1. The van der Waals surface area contributed by atoms with Gasteiger partial charge in [0.05, 0.1) is 0 Å². The molecule has 0 aromatic rings. The van der Waals surface area contributed by atoms with E-state index in [0.29, 0.717) is 18.4 Å². The van der Waals surface area contributed by atoms with Crippen molar-refractivity contribution in [2.24, 2.45) is 5.41 Å². The van der Waals surface area contributed by atoms with E-state index in [-0.39, 0.29) is 5.41 Å². The van der Waals surface area contributed by atoms with Gasteiger partial charge in [0, 0.05) is 51.7 Å². The van der Waals surface area contributed by atoms with Gasteiger partial charge in [0.1, 0.15) is 0 Å². The number of piperazine rings is 1. The second-order valence-corrected chi connectivity index (χ2v) is 6.64. The van der Waals surface area contributed by atoms with Crippen molar-refractivity contribution >= 4 is 5.91 Å². The van der Waals surface area contributed by atoms with Gasteiger partial charge in [-0.2, -0.15) is 0 Å². The molecule has 110 valence electrons. The molecule has 1 N–H and O–H groups in total. The van der Waals surface area contributed by atoms with Crippen LogP contribution in [0.5, 0.6) is 0 Å². The molecule has 0 aliphatic carbocycles. The average molecular weight is 267 g/mol. The predicted molar refractivity (Wildman–Crippen MR) is 78.1 cm³/mol. The number of nitrogens with zero attached hydrogens (tertiary/aromatic N) is 2. The number of likely N-dealkylation sites (tertiary alicyclic amines) is 1. The Hall–Kier alpha value is -0.610. The van der Waals surface area contributed by atoms with Gasteiger partial charge >= 0.3 is 0 Å². The molecule has 2 rings (SSSR count). The van der Waals surface area contributed by atoms with Crippen LogP contribution in [-0.4, -0.2) is 61.0 Å². The monoisotopic (exact) mass is 267 g/mol. The van der Waals surface area contributed by atoms with Gasteiger partial charge in [-0.3, -0.25) is 9.69 Å². The average Bonchev–Trinajstić information content (AvgIpc) is 2.39. The Balaban J connectivity index is 1.96. The second-order valence-electron chi connectivity index (χ2n) is 6.64. The van der Waals surface area contributed by atoms with Crippen LogP contribution >= 0.6 is 0 Å². The number of carbonyl (C=O) groups excluding carboxylic acids is 1.